The molecule has 0 spiro atoms. The fraction of sp³-hybridized carbons (Fsp3) is 0.333. The van der Waals surface area contributed by atoms with E-state index in [2.05, 4.69) is 40.7 Å². The Labute approximate surface area is 314 Å². The Hall–Kier alpha value is -5.40. The zero-order chi connectivity index (χ0) is 38.4. The number of aromatic hydroxyl groups is 2. The third kappa shape index (κ3) is 7.18. The molecule has 1 aromatic carbocycles. The van der Waals surface area contributed by atoms with Gasteiger partial charge in [-0.25, -0.2) is 14.6 Å². The third-order valence-corrected chi connectivity index (χ3v) is 11.4. The molecule has 8 N–H and O–H groups in total. The molecule has 2 aliphatic heterocycles. The number of phenolic OH excluding ortho intramolecular Hbond substituents is 2. The number of β-lactam (4-membered cyclic amide) rings is 1. The predicted octanol–water partition coefficient (Wildman–Crippen LogP) is 1.34. The second kappa shape index (κ2) is 14.6. The van der Waals surface area contributed by atoms with Crippen LogP contribution in [-0.2, 0) is 42.4 Å². The highest BCUT2D eigenvalue weighted by Gasteiger charge is 2.55. The second-order valence-electron chi connectivity index (χ2n) is 13.0. The van der Waals surface area contributed by atoms with E-state index in [9.17, 15) is 44.4 Å². The Morgan fingerprint density at radius 3 is 2.66 bits per heavy atom. The van der Waals surface area contributed by atoms with E-state index in [4.69, 9.17) is 22.2 Å². The number of pyridine rings is 1. The van der Waals surface area contributed by atoms with Crippen molar-refractivity contribution < 1.29 is 53.8 Å². The number of carbonyl (C=O) groups excluding carboxylic acids is 3. The minimum absolute atomic E-state index is 0.0593. The summed E-state index contributed by atoms with van der Waals surface area (Å²) in [6, 6.07) is 3.17. The van der Waals surface area contributed by atoms with Crippen molar-refractivity contribution in [3.05, 3.63) is 74.6 Å². The topological polar surface area (TPSA) is 258 Å². The van der Waals surface area contributed by atoms with Crippen LogP contribution >= 0.6 is 34.7 Å². The molecule has 1 saturated heterocycles. The van der Waals surface area contributed by atoms with Gasteiger partial charge in [0.1, 0.15) is 29.4 Å². The van der Waals surface area contributed by atoms with Gasteiger partial charge in [-0.15, -0.1) is 23.1 Å². The number of halogens is 1. The lowest BCUT2D eigenvalue weighted by Crippen LogP contribution is -2.71. The minimum atomic E-state index is -1.74. The van der Waals surface area contributed by atoms with Crippen LogP contribution in [0.2, 0.25) is 5.02 Å². The maximum absolute atomic E-state index is 13.6. The number of nitrogens with two attached hydrogens (primary N) is 1. The molecular formula is C33H33ClN7O10S2+. The predicted molar refractivity (Wildman–Crippen MR) is 190 cm³/mol. The van der Waals surface area contributed by atoms with Crippen molar-refractivity contribution in [2.75, 3.05) is 18.1 Å². The van der Waals surface area contributed by atoms with E-state index < -0.39 is 76.0 Å². The van der Waals surface area contributed by atoms with Crippen LogP contribution < -0.4 is 20.9 Å². The summed E-state index contributed by atoms with van der Waals surface area (Å²) in [6.45, 7) is 3.76. The van der Waals surface area contributed by atoms with Crippen LogP contribution in [0.5, 0.6) is 11.5 Å². The van der Waals surface area contributed by atoms with Gasteiger partial charge in [-0.05, 0) is 44.9 Å². The van der Waals surface area contributed by atoms with Crippen LogP contribution in [0.15, 0.2) is 52.3 Å². The first-order valence-electron chi connectivity index (χ1n) is 16.0. The number of rotatable bonds is 12. The Kier molecular flexibility index (Phi) is 10.3. The summed E-state index contributed by atoms with van der Waals surface area (Å²) in [5.74, 6) is -6.53. The molecule has 6 rings (SSSR count). The molecule has 0 radical (unpaired) electrons. The number of carboxylic acids is 2. The number of benzene rings is 1. The number of nitrogens with zero attached hydrogens (tertiary/aromatic N) is 4. The summed E-state index contributed by atoms with van der Waals surface area (Å²) >= 11 is 8.18. The molecule has 3 aliphatic rings. The van der Waals surface area contributed by atoms with E-state index in [1.165, 1.54) is 27.6 Å². The standard InChI is InChI=1S/C33H32ClN7O10S2/c1-33(2)8-7-14-4-3-9-40(25(14)33)10-15-12-52-29-22(28(46)41(29)23(15)31(49)50)38-27(45)21(18-13-53-32(35)37-18)39-51-11-17(30(47)48)36-26(44)16-5-6-19(42)24(43)20(16)34/h3-6,9,13,17,22,29H,7-8,10-12H2,1-2H3,(H7-,35,36,37,38,39,42,43,44,45,47,48,49,50)/p+1/t17-,22+,29+/m0/s1. The van der Waals surface area contributed by atoms with Gasteiger partial charge >= 0.3 is 11.9 Å². The van der Waals surface area contributed by atoms with E-state index >= 15 is 0 Å². The van der Waals surface area contributed by atoms with Crippen LogP contribution in [0.3, 0.4) is 0 Å². The SMILES string of the molecule is CC1(C)CCc2ccc[n+](CC3=C(C(=O)O)N4C(=O)[C@@H](NC(=O)/C(=N\OC[C@H](NC(=O)c5ccc(O)c(O)c5Cl)C(=O)O)c5csc(N)n5)[C@H]4SC3)c21. The van der Waals surface area contributed by atoms with Crippen LogP contribution in [0, 0.1) is 0 Å². The van der Waals surface area contributed by atoms with Gasteiger partial charge in [0.05, 0.1) is 10.6 Å². The molecule has 20 heteroatoms. The number of anilines is 1. The Morgan fingerprint density at radius 2 is 1.98 bits per heavy atom. The highest BCUT2D eigenvalue weighted by Crippen LogP contribution is 2.41. The van der Waals surface area contributed by atoms with Gasteiger partial charge in [0.25, 0.3) is 17.7 Å². The van der Waals surface area contributed by atoms with Crippen molar-refractivity contribution >= 4 is 75.2 Å². The highest BCUT2D eigenvalue weighted by atomic mass is 35.5. The molecule has 17 nitrogen and oxygen atoms in total. The first-order chi connectivity index (χ1) is 25.1. The number of carboxylic acid groups (broad SMARTS) is 2. The normalized spacial score (nSPS) is 19.5. The maximum Gasteiger partial charge on any atom is 0.352 e. The molecule has 2 aromatic heterocycles. The number of aryl methyl sites for hydroxylation is 1. The van der Waals surface area contributed by atoms with Crippen LogP contribution in [0.25, 0.3) is 0 Å². The number of nitrogen functional groups attached to an aromatic ring is 1. The first kappa shape index (κ1) is 37.4. The zero-order valence-electron chi connectivity index (χ0n) is 28.0. The number of amides is 3. The van der Waals surface area contributed by atoms with Crippen molar-refractivity contribution in [1.29, 1.82) is 0 Å². The number of nitrogens with one attached hydrogen (secondary N) is 2. The van der Waals surface area contributed by atoms with Crippen molar-refractivity contribution in [3.8, 4) is 11.5 Å². The van der Waals surface area contributed by atoms with E-state index in [0.29, 0.717) is 5.57 Å². The summed E-state index contributed by atoms with van der Waals surface area (Å²) in [5.41, 5.74) is 7.53. The fourth-order valence-corrected chi connectivity index (χ4v) is 8.59. The third-order valence-electron chi connectivity index (χ3n) is 9.03. The lowest BCUT2D eigenvalue weighted by Gasteiger charge is -2.49. The average Bonchev–Trinajstić information content (AvgIpc) is 3.68. The summed E-state index contributed by atoms with van der Waals surface area (Å²) in [4.78, 5) is 74.7. The number of phenols is 2. The smallest absolute Gasteiger partial charge is 0.352 e. The molecular weight excluding hydrogens is 754 g/mol. The number of hydrogen-bond acceptors (Lipinski definition) is 13. The molecule has 0 unspecified atom stereocenters. The molecule has 278 valence electrons. The average molecular weight is 787 g/mol. The van der Waals surface area contributed by atoms with Gasteiger partial charge in [-0.2, -0.15) is 4.57 Å². The van der Waals surface area contributed by atoms with E-state index in [-0.39, 0.29) is 39.8 Å². The monoisotopic (exact) mass is 786 g/mol. The Bertz CT molecular complexity index is 2120. The Balaban J connectivity index is 1.17. The molecule has 4 heterocycles. The molecule has 0 bridgehead atoms. The van der Waals surface area contributed by atoms with Gasteiger partial charge in [-0.1, -0.05) is 16.8 Å². The quantitative estimate of drug-likeness (QED) is 0.0450. The van der Waals surface area contributed by atoms with E-state index in [1.807, 2.05) is 16.8 Å². The molecule has 0 saturated carbocycles. The highest BCUT2D eigenvalue weighted by molar-refractivity contribution is 8.00. The van der Waals surface area contributed by atoms with Gasteiger partial charge < -0.3 is 41.6 Å². The fourth-order valence-electron chi connectivity index (χ4n) is 6.46. The number of aromatic nitrogens is 2. The number of carbonyl (C=O) groups is 5. The van der Waals surface area contributed by atoms with Crippen LogP contribution in [-0.4, -0.2) is 95.5 Å². The van der Waals surface area contributed by atoms with Gasteiger partial charge in [-0.3, -0.25) is 19.3 Å². The molecule has 3 amide bonds. The molecule has 53 heavy (non-hydrogen) atoms. The molecule has 1 aliphatic carbocycles. The summed E-state index contributed by atoms with van der Waals surface area (Å²) in [5, 5.41) is 48.0. The van der Waals surface area contributed by atoms with Crippen molar-refractivity contribution in [2.24, 2.45) is 5.16 Å². The van der Waals surface area contributed by atoms with Gasteiger partial charge in [0.15, 0.2) is 46.8 Å². The summed E-state index contributed by atoms with van der Waals surface area (Å²) in [7, 11) is 0. The minimum Gasteiger partial charge on any atom is -0.504 e. The number of fused-ring (bicyclic) bond motifs is 2. The number of oxime groups is 1. The molecule has 3 aromatic rings. The van der Waals surface area contributed by atoms with Crippen LogP contribution in [0.1, 0.15) is 47.6 Å². The van der Waals surface area contributed by atoms with Gasteiger partial charge in [0, 0.05) is 33.8 Å². The van der Waals surface area contributed by atoms with Crippen molar-refractivity contribution in [1.82, 2.24) is 20.5 Å². The number of hydrogen-bond donors (Lipinski definition) is 7. The van der Waals surface area contributed by atoms with E-state index in [0.717, 1.165) is 42.0 Å². The van der Waals surface area contributed by atoms with Crippen molar-refractivity contribution in [2.45, 2.75) is 56.1 Å². The number of thioether (sulfide) groups is 1. The number of thiazole rings is 1. The Morgan fingerprint density at radius 1 is 1.23 bits per heavy atom. The van der Waals surface area contributed by atoms with Crippen molar-refractivity contribution in [3.63, 3.8) is 0 Å². The zero-order valence-corrected chi connectivity index (χ0v) is 30.4. The first-order valence-corrected chi connectivity index (χ1v) is 18.3. The summed E-state index contributed by atoms with van der Waals surface area (Å²) < 4.78 is 2.04. The number of aliphatic carboxylic acids is 2. The summed E-state index contributed by atoms with van der Waals surface area (Å²) in [6.07, 6.45) is 3.79. The largest absolute Gasteiger partial charge is 0.504 e. The van der Waals surface area contributed by atoms with E-state index in [1.54, 1.807) is 0 Å². The molecule has 1 fully saturated rings. The molecule has 3 atom stereocenters. The lowest BCUT2D eigenvalue weighted by atomic mass is 9.90. The maximum atomic E-state index is 13.6. The second-order valence-corrected chi connectivity index (χ2v) is 15.4. The van der Waals surface area contributed by atoms with Crippen LogP contribution in [0.4, 0.5) is 5.13 Å². The van der Waals surface area contributed by atoms with Gasteiger partial charge in [0.2, 0.25) is 0 Å². The lowest BCUT2D eigenvalue weighted by molar-refractivity contribution is -0.699.